The maximum absolute atomic E-state index is 12.4. The Bertz CT molecular complexity index is 935. The quantitative estimate of drug-likeness (QED) is 0.676. The van der Waals surface area contributed by atoms with Crippen LogP contribution in [-0.4, -0.2) is 44.1 Å². The molecule has 2 aromatic rings. The van der Waals surface area contributed by atoms with Crippen molar-refractivity contribution in [3.05, 3.63) is 40.3 Å². The van der Waals surface area contributed by atoms with Crippen molar-refractivity contribution in [2.45, 2.75) is 32.7 Å². The van der Waals surface area contributed by atoms with E-state index in [-0.39, 0.29) is 18.5 Å². The molecule has 1 aliphatic carbocycles. The monoisotopic (exact) mass is 416 g/mol. The van der Waals surface area contributed by atoms with E-state index < -0.39 is 18.5 Å². The molecule has 1 heterocycles. The second-order valence-corrected chi connectivity index (χ2v) is 8.12. The standard InChI is InChI=1S/C21H24N2O5S/c1-12(2)23-18(24)10-22-19(25)11-28-21(26)17-9-14-5-4-13-8-15(27-3)6-7-16(13)20(14)29-17/h6-9,12H,4-5,10-11H2,1-3H3,(H,22,25)(H,23,24). The number of fused-ring (bicyclic) bond motifs is 3. The maximum atomic E-state index is 12.4. The summed E-state index contributed by atoms with van der Waals surface area (Å²) in [6, 6.07) is 7.77. The lowest BCUT2D eigenvalue weighted by Gasteiger charge is -2.16. The summed E-state index contributed by atoms with van der Waals surface area (Å²) in [5.74, 6) is -0.533. The minimum Gasteiger partial charge on any atom is -0.497 e. The van der Waals surface area contributed by atoms with Crippen LogP contribution in [-0.2, 0) is 27.2 Å². The number of aryl methyl sites for hydroxylation is 2. The molecule has 0 bridgehead atoms. The molecular formula is C21H24N2O5S. The van der Waals surface area contributed by atoms with Gasteiger partial charge in [0.05, 0.1) is 13.7 Å². The van der Waals surface area contributed by atoms with Crippen LogP contribution in [0.15, 0.2) is 24.3 Å². The summed E-state index contributed by atoms with van der Waals surface area (Å²) in [6.45, 7) is 3.08. The number of benzene rings is 1. The van der Waals surface area contributed by atoms with Crippen molar-refractivity contribution in [3.8, 4) is 16.2 Å². The van der Waals surface area contributed by atoms with Gasteiger partial charge in [0.1, 0.15) is 10.6 Å². The molecule has 8 heteroatoms. The first-order valence-corrected chi connectivity index (χ1v) is 10.2. The third-order valence-corrected chi connectivity index (χ3v) is 5.65. The summed E-state index contributed by atoms with van der Waals surface area (Å²) in [7, 11) is 1.64. The number of carbonyl (C=O) groups is 3. The van der Waals surface area contributed by atoms with Gasteiger partial charge in [-0.15, -0.1) is 11.3 Å². The molecule has 7 nitrogen and oxygen atoms in total. The summed E-state index contributed by atoms with van der Waals surface area (Å²) < 4.78 is 10.4. The van der Waals surface area contributed by atoms with Gasteiger partial charge in [0.15, 0.2) is 6.61 Å². The fourth-order valence-electron chi connectivity index (χ4n) is 3.14. The van der Waals surface area contributed by atoms with Crippen LogP contribution in [0.2, 0.25) is 0 Å². The van der Waals surface area contributed by atoms with Gasteiger partial charge in [0, 0.05) is 10.9 Å². The Labute approximate surface area is 173 Å². The zero-order valence-electron chi connectivity index (χ0n) is 16.7. The molecule has 0 unspecified atom stereocenters. The number of thiophene rings is 1. The van der Waals surface area contributed by atoms with E-state index in [1.165, 1.54) is 16.9 Å². The van der Waals surface area contributed by atoms with E-state index in [1.807, 2.05) is 38.1 Å². The minimum atomic E-state index is -0.541. The van der Waals surface area contributed by atoms with Crippen LogP contribution in [0.4, 0.5) is 0 Å². The number of rotatable bonds is 7. The molecule has 0 atom stereocenters. The predicted octanol–water partition coefficient (Wildman–Crippen LogP) is 2.32. The molecule has 0 aliphatic heterocycles. The Morgan fingerprint density at radius 1 is 1.10 bits per heavy atom. The molecule has 0 spiro atoms. The molecule has 0 radical (unpaired) electrons. The molecule has 29 heavy (non-hydrogen) atoms. The molecule has 0 saturated carbocycles. The van der Waals surface area contributed by atoms with Crippen LogP contribution in [0.5, 0.6) is 5.75 Å². The number of hydrogen-bond donors (Lipinski definition) is 2. The summed E-state index contributed by atoms with van der Waals surface area (Å²) in [5, 5.41) is 5.10. The first kappa shape index (κ1) is 20.9. The topological polar surface area (TPSA) is 93.7 Å². The van der Waals surface area contributed by atoms with E-state index in [1.54, 1.807) is 7.11 Å². The highest BCUT2D eigenvalue weighted by atomic mass is 32.1. The number of hydrogen-bond acceptors (Lipinski definition) is 6. The van der Waals surface area contributed by atoms with Gasteiger partial charge in [0.25, 0.3) is 5.91 Å². The normalized spacial score (nSPS) is 12.0. The smallest absolute Gasteiger partial charge is 0.348 e. The molecule has 154 valence electrons. The third-order valence-electron chi connectivity index (χ3n) is 4.46. The fraction of sp³-hybridized carbons (Fsp3) is 0.381. The van der Waals surface area contributed by atoms with E-state index in [9.17, 15) is 14.4 Å². The molecule has 0 fully saturated rings. The van der Waals surface area contributed by atoms with Crippen LogP contribution < -0.4 is 15.4 Å². The highest BCUT2D eigenvalue weighted by molar-refractivity contribution is 7.17. The zero-order valence-corrected chi connectivity index (χ0v) is 17.5. The first-order chi connectivity index (χ1) is 13.9. The number of methoxy groups -OCH3 is 1. The van der Waals surface area contributed by atoms with Crippen molar-refractivity contribution in [2.24, 2.45) is 0 Å². The lowest BCUT2D eigenvalue weighted by Crippen LogP contribution is -2.41. The van der Waals surface area contributed by atoms with Crippen LogP contribution >= 0.6 is 11.3 Å². The van der Waals surface area contributed by atoms with E-state index in [2.05, 4.69) is 10.6 Å². The second kappa shape index (κ2) is 9.09. The van der Waals surface area contributed by atoms with Crippen molar-refractivity contribution < 1.29 is 23.9 Å². The van der Waals surface area contributed by atoms with Gasteiger partial charge < -0.3 is 20.1 Å². The largest absolute Gasteiger partial charge is 0.497 e. The van der Waals surface area contributed by atoms with Gasteiger partial charge in [-0.1, -0.05) is 0 Å². The summed E-state index contributed by atoms with van der Waals surface area (Å²) >= 11 is 1.37. The van der Waals surface area contributed by atoms with E-state index >= 15 is 0 Å². The molecule has 2 amide bonds. The molecular weight excluding hydrogens is 392 g/mol. The minimum absolute atomic E-state index is 0.00620. The Hall–Kier alpha value is -2.87. The fourth-order valence-corrected chi connectivity index (χ4v) is 4.31. The average molecular weight is 416 g/mol. The first-order valence-electron chi connectivity index (χ1n) is 9.40. The lowest BCUT2D eigenvalue weighted by molar-refractivity contribution is -0.128. The van der Waals surface area contributed by atoms with E-state index in [0.29, 0.717) is 4.88 Å². The highest BCUT2D eigenvalue weighted by Crippen LogP contribution is 2.40. The molecule has 2 N–H and O–H groups in total. The number of esters is 1. The van der Waals surface area contributed by atoms with E-state index in [0.717, 1.165) is 34.6 Å². The number of nitrogens with one attached hydrogen (secondary N) is 2. The van der Waals surface area contributed by atoms with Gasteiger partial charge in [-0.05, 0) is 67.6 Å². The van der Waals surface area contributed by atoms with Gasteiger partial charge in [-0.3, -0.25) is 9.59 Å². The van der Waals surface area contributed by atoms with Gasteiger partial charge in [-0.25, -0.2) is 4.79 Å². The Balaban J connectivity index is 1.58. The predicted molar refractivity (Wildman–Crippen MR) is 110 cm³/mol. The van der Waals surface area contributed by atoms with Crippen molar-refractivity contribution in [3.63, 3.8) is 0 Å². The average Bonchev–Trinajstić information content (AvgIpc) is 3.14. The van der Waals surface area contributed by atoms with Gasteiger partial charge in [0.2, 0.25) is 5.91 Å². The van der Waals surface area contributed by atoms with Gasteiger partial charge in [-0.2, -0.15) is 0 Å². The lowest BCUT2D eigenvalue weighted by atomic mass is 9.91. The summed E-state index contributed by atoms with van der Waals surface area (Å²) in [6.07, 6.45) is 1.72. The van der Waals surface area contributed by atoms with Crippen LogP contribution in [0, 0.1) is 0 Å². The zero-order chi connectivity index (χ0) is 21.0. The second-order valence-electron chi connectivity index (χ2n) is 7.06. The molecule has 3 rings (SSSR count). The third kappa shape index (κ3) is 5.14. The number of ether oxygens (including phenoxy) is 2. The number of amides is 2. The summed E-state index contributed by atoms with van der Waals surface area (Å²) in [4.78, 5) is 37.2. The molecule has 1 aromatic carbocycles. The van der Waals surface area contributed by atoms with Crippen molar-refractivity contribution in [1.82, 2.24) is 10.6 Å². The van der Waals surface area contributed by atoms with Crippen LogP contribution in [0.1, 0.15) is 34.6 Å². The van der Waals surface area contributed by atoms with Gasteiger partial charge >= 0.3 is 5.97 Å². The Morgan fingerprint density at radius 2 is 1.86 bits per heavy atom. The SMILES string of the molecule is COc1ccc2c(c1)CCc1cc(C(=O)OCC(=O)NCC(=O)NC(C)C)sc1-2. The van der Waals surface area contributed by atoms with Crippen LogP contribution in [0.25, 0.3) is 10.4 Å². The molecule has 0 saturated heterocycles. The van der Waals surface area contributed by atoms with Crippen molar-refractivity contribution in [1.29, 1.82) is 0 Å². The Morgan fingerprint density at radius 3 is 2.59 bits per heavy atom. The van der Waals surface area contributed by atoms with E-state index in [4.69, 9.17) is 9.47 Å². The van der Waals surface area contributed by atoms with Crippen molar-refractivity contribution in [2.75, 3.05) is 20.3 Å². The van der Waals surface area contributed by atoms with Crippen LogP contribution in [0.3, 0.4) is 0 Å². The Kier molecular flexibility index (Phi) is 6.53. The molecule has 1 aliphatic rings. The maximum Gasteiger partial charge on any atom is 0.348 e. The molecule has 1 aromatic heterocycles. The summed E-state index contributed by atoms with van der Waals surface area (Å²) in [5.41, 5.74) is 3.40. The highest BCUT2D eigenvalue weighted by Gasteiger charge is 2.23. The van der Waals surface area contributed by atoms with Crippen molar-refractivity contribution >= 4 is 29.1 Å². The number of carbonyl (C=O) groups excluding carboxylic acids is 3.